The summed E-state index contributed by atoms with van der Waals surface area (Å²) in [7, 11) is -2.38. The van der Waals surface area contributed by atoms with E-state index in [0.717, 1.165) is 16.1 Å². The number of carbonyl (C=O) groups is 2. The van der Waals surface area contributed by atoms with Gasteiger partial charge >= 0.3 is 0 Å². The number of benzene rings is 2. The van der Waals surface area contributed by atoms with Gasteiger partial charge < -0.3 is 10.2 Å². The third kappa shape index (κ3) is 6.10. The van der Waals surface area contributed by atoms with E-state index in [0.29, 0.717) is 5.02 Å². The minimum absolute atomic E-state index is 0.0923. The summed E-state index contributed by atoms with van der Waals surface area (Å²) >= 11 is 12.1. The molecule has 0 spiro atoms. The molecule has 1 atom stereocenters. The molecule has 0 saturated heterocycles. The number of nitrogens with zero attached hydrogens (tertiary/aromatic N) is 2. The Balaban J connectivity index is 2.39. The Morgan fingerprint density at radius 1 is 1.10 bits per heavy atom. The average Bonchev–Trinajstić information content (AvgIpc) is 2.69. The number of anilines is 1. The van der Waals surface area contributed by atoms with E-state index >= 15 is 0 Å². The molecule has 2 amide bonds. The topological polar surface area (TPSA) is 86.8 Å². The van der Waals surface area contributed by atoms with Crippen molar-refractivity contribution in [1.82, 2.24) is 10.2 Å². The van der Waals surface area contributed by atoms with Crippen LogP contribution in [0.1, 0.15) is 12.5 Å². The van der Waals surface area contributed by atoms with Crippen LogP contribution < -0.4 is 9.62 Å². The van der Waals surface area contributed by atoms with Crippen molar-refractivity contribution in [1.29, 1.82) is 0 Å². The van der Waals surface area contributed by atoms with Crippen molar-refractivity contribution in [2.24, 2.45) is 0 Å². The molecule has 1 unspecified atom stereocenters. The van der Waals surface area contributed by atoms with Crippen molar-refractivity contribution in [3.05, 3.63) is 64.1 Å². The van der Waals surface area contributed by atoms with E-state index in [4.69, 9.17) is 23.2 Å². The Labute approximate surface area is 186 Å². The zero-order valence-corrected chi connectivity index (χ0v) is 19.1. The molecule has 0 bridgehead atoms. The van der Waals surface area contributed by atoms with Crippen LogP contribution in [-0.2, 0) is 26.2 Å². The van der Waals surface area contributed by atoms with Crippen molar-refractivity contribution in [2.75, 3.05) is 24.2 Å². The van der Waals surface area contributed by atoms with Crippen LogP contribution in [-0.4, -0.2) is 51.0 Å². The van der Waals surface area contributed by atoms with Gasteiger partial charge in [0.15, 0.2) is 0 Å². The van der Waals surface area contributed by atoms with Crippen LogP contribution in [0.2, 0.25) is 10.0 Å². The zero-order valence-electron chi connectivity index (χ0n) is 16.8. The van der Waals surface area contributed by atoms with Crippen molar-refractivity contribution < 1.29 is 18.0 Å². The molecular weight excluding hydrogens is 449 g/mol. The molecule has 2 aromatic carbocycles. The van der Waals surface area contributed by atoms with Crippen LogP contribution in [0.25, 0.3) is 0 Å². The van der Waals surface area contributed by atoms with Gasteiger partial charge in [-0.25, -0.2) is 8.42 Å². The quantitative estimate of drug-likeness (QED) is 0.640. The van der Waals surface area contributed by atoms with Gasteiger partial charge in [-0.15, -0.1) is 0 Å². The molecule has 0 radical (unpaired) electrons. The van der Waals surface area contributed by atoms with Crippen molar-refractivity contribution in [3.8, 4) is 0 Å². The maximum atomic E-state index is 13.2. The van der Waals surface area contributed by atoms with Gasteiger partial charge in [-0.1, -0.05) is 53.5 Å². The molecule has 2 aromatic rings. The third-order valence-electron chi connectivity index (χ3n) is 4.47. The SMILES string of the molecule is CNC(=O)C(C)N(Cc1ccccc1)C(=O)CN(c1ccc(Cl)cc1Cl)S(C)(=O)=O. The predicted molar refractivity (Wildman–Crippen MR) is 119 cm³/mol. The van der Waals surface area contributed by atoms with E-state index in [2.05, 4.69) is 5.32 Å². The number of amides is 2. The fraction of sp³-hybridized carbons (Fsp3) is 0.300. The molecule has 7 nitrogen and oxygen atoms in total. The monoisotopic (exact) mass is 471 g/mol. The Morgan fingerprint density at radius 3 is 2.27 bits per heavy atom. The number of carbonyl (C=O) groups excluding carboxylic acids is 2. The minimum atomic E-state index is -3.85. The summed E-state index contributed by atoms with van der Waals surface area (Å²) in [5.74, 6) is -0.916. The number of hydrogen-bond donors (Lipinski definition) is 1. The number of rotatable bonds is 8. The summed E-state index contributed by atoms with van der Waals surface area (Å²) in [4.78, 5) is 26.7. The summed E-state index contributed by atoms with van der Waals surface area (Å²) in [6, 6.07) is 12.6. The molecule has 0 aromatic heterocycles. The molecule has 0 fully saturated rings. The molecule has 0 aliphatic carbocycles. The highest BCUT2D eigenvalue weighted by Crippen LogP contribution is 2.30. The highest BCUT2D eigenvalue weighted by Gasteiger charge is 2.30. The maximum absolute atomic E-state index is 13.2. The lowest BCUT2D eigenvalue weighted by Gasteiger charge is -2.31. The first-order valence-corrected chi connectivity index (χ1v) is 11.6. The van der Waals surface area contributed by atoms with Crippen LogP contribution in [0.3, 0.4) is 0 Å². The van der Waals surface area contributed by atoms with Gasteiger partial charge in [0.1, 0.15) is 12.6 Å². The Kier molecular flexibility index (Phi) is 8.11. The molecule has 30 heavy (non-hydrogen) atoms. The van der Waals surface area contributed by atoms with Crippen LogP contribution in [0.15, 0.2) is 48.5 Å². The highest BCUT2D eigenvalue weighted by atomic mass is 35.5. The second kappa shape index (κ2) is 10.1. The number of likely N-dealkylation sites (N-methyl/N-ethyl adjacent to an activating group) is 1. The van der Waals surface area contributed by atoms with Crippen LogP contribution in [0, 0.1) is 0 Å². The lowest BCUT2D eigenvalue weighted by Crippen LogP contribution is -2.50. The Hall–Kier alpha value is -2.29. The van der Waals surface area contributed by atoms with Crippen LogP contribution in [0.5, 0.6) is 0 Å². The highest BCUT2D eigenvalue weighted by molar-refractivity contribution is 7.92. The molecular formula is C20H23Cl2N3O4S. The minimum Gasteiger partial charge on any atom is -0.357 e. The fourth-order valence-electron chi connectivity index (χ4n) is 2.85. The van der Waals surface area contributed by atoms with E-state index in [1.165, 1.54) is 30.1 Å². The lowest BCUT2D eigenvalue weighted by molar-refractivity contribution is -0.139. The largest absolute Gasteiger partial charge is 0.357 e. The Bertz CT molecular complexity index is 1020. The second-order valence-corrected chi connectivity index (χ2v) is 9.41. The summed E-state index contributed by atoms with van der Waals surface area (Å²) < 4.78 is 25.8. The molecule has 0 heterocycles. The number of sulfonamides is 1. The zero-order chi connectivity index (χ0) is 22.5. The van der Waals surface area contributed by atoms with Gasteiger partial charge in [0.2, 0.25) is 21.8 Å². The summed E-state index contributed by atoms with van der Waals surface area (Å²) in [6.45, 7) is 1.20. The van der Waals surface area contributed by atoms with Crippen molar-refractivity contribution >= 4 is 50.7 Å². The molecule has 1 N–H and O–H groups in total. The first-order valence-electron chi connectivity index (χ1n) is 9.02. The van der Waals surface area contributed by atoms with Crippen molar-refractivity contribution in [3.63, 3.8) is 0 Å². The van der Waals surface area contributed by atoms with Crippen molar-refractivity contribution in [2.45, 2.75) is 19.5 Å². The van der Waals surface area contributed by atoms with Gasteiger partial charge in [-0.3, -0.25) is 13.9 Å². The van der Waals surface area contributed by atoms with Crippen LogP contribution in [0.4, 0.5) is 5.69 Å². The normalized spacial score (nSPS) is 12.2. The summed E-state index contributed by atoms with van der Waals surface area (Å²) in [5, 5.41) is 2.94. The van der Waals surface area contributed by atoms with Gasteiger partial charge in [0.25, 0.3) is 0 Å². The number of nitrogens with one attached hydrogen (secondary N) is 1. The second-order valence-electron chi connectivity index (χ2n) is 6.66. The first-order chi connectivity index (χ1) is 14.0. The lowest BCUT2D eigenvalue weighted by atomic mass is 10.1. The smallest absolute Gasteiger partial charge is 0.244 e. The average molecular weight is 472 g/mol. The van der Waals surface area contributed by atoms with E-state index in [1.807, 2.05) is 30.3 Å². The molecule has 0 saturated carbocycles. The van der Waals surface area contributed by atoms with Gasteiger partial charge in [0, 0.05) is 18.6 Å². The fourth-order valence-corrected chi connectivity index (χ4v) is 4.27. The molecule has 2 rings (SSSR count). The number of halogens is 2. The summed E-state index contributed by atoms with van der Waals surface area (Å²) in [6.07, 6.45) is 0.981. The van der Waals surface area contributed by atoms with E-state index in [-0.39, 0.29) is 23.2 Å². The summed E-state index contributed by atoms with van der Waals surface area (Å²) in [5.41, 5.74) is 0.932. The van der Waals surface area contributed by atoms with E-state index < -0.39 is 28.5 Å². The predicted octanol–water partition coefficient (Wildman–Crippen LogP) is 2.92. The molecule has 0 aliphatic heterocycles. The number of hydrogen-bond acceptors (Lipinski definition) is 4. The molecule has 0 aliphatic rings. The molecule has 10 heteroatoms. The van der Waals surface area contributed by atoms with Gasteiger partial charge in [-0.2, -0.15) is 0 Å². The van der Waals surface area contributed by atoms with E-state index in [9.17, 15) is 18.0 Å². The Morgan fingerprint density at radius 2 is 1.73 bits per heavy atom. The maximum Gasteiger partial charge on any atom is 0.244 e. The van der Waals surface area contributed by atoms with Gasteiger partial charge in [0.05, 0.1) is 17.0 Å². The van der Waals surface area contributed by atoms with E-state index in [1.54, 1.807) is 6.92 Å². The van der Waals surface area contributed by atoms with Gasteiger partial charge in [-0.05, 0) is 30.7 Å². The van der Waals surface area contributed by atoms with Crippen LogP contribution >= 0.6 is 23.2 Å². The first kappa shape index (κ1) is 24.0. The third-order valence-corrected chi connectivity index (χ3v) is 6.13. The standard InChI is InChI=1S/C20H23Cl2N3O4S/c1-14(20(27)23-2)24(12-15-7-5-4-6-8-15)19(26)13-25(30(3,28)29)18-10-9-16(21)11-17(18)22/h4-11,14H,12-13H2,1-3H3,(H,23,27). The molecule has 162 valence electrons.